The first-order chi connectivity index (χ1) is 9.34. The third-order valence-electron chi connectivity index (χ3n) is 2.81. The molecule has 1 aromatic carbocycles. The maximum Gasteiger partial charge on any atom is 0.416 e. The van der Waals surface area contributed by atoms with Crippen molar-refractivity contribution in [2.45, 2.75) is 6.18 Å². The van der Waals surface area contributed by atoms with Gasteiger partial charge in [0.2, 0.25) is 5.78 Å². The van der Waals surface area contributed by atoms with E-state index in [1.807, 2.05) is 0 Å². The van der Waals surface area contributed by atoms with E-state index in [4.69, 9.17) is 4.74 Å². The maximum atomic E-state index is 12.5. The number of aryl methyl sites for hydroxylation is 1. The average molecular weight is 284 g/mol. The molecule has 0 aliphatic carbocycles. The van der Waals surface area contributed by atoms with Crippen LogP contribution in [0.1, 0.15) is 21.6 Å². The van der Waals surface area contributed by atoms with Crippen molar-refractivity contribution in [3.05, 3.63) is 47.3 Å². The van der Waals surface area contributed by atoms with Gasteiger partial charge in [0.05, 0.1) is 18.9 Å². The third-order valence-corrected chi connectivity index (χ3v) is 2.81. The number of nitrogens with zero attached hydrogens (tertiary/aromatic N) is 2. The van der Waals surface area contributed by atoms with Crippen molar-refractivity contribution in [1.29, 1.82) is 0 Å². The topological polar surface area (TPSA) is 44.1 Å². The molecule has 1 aromatic heterocycles. The molecule has 0 saturated heterocycles. The second-order valence-corrected chi connectivity index (χ2v) is 4.09. The number of aromatic nitrogens is 2. The smallest absolute Gasteiger partial charge is 0.416 e. The number of hydrogen-bond acceptors (Lipinski definition) is 3. The molecule has 0 fully saturated rings. The van der Waals surface area contributed by atoms with Gasteiger partial charge in [0.25, 0.3) is 0 Å². The highest BCUT2D eigenvalue weighted by molar-refractivity contribution is 6.09. The Kier molecular flexibility index (Phi) is 3.52. The summed E-state index contributed by atoms with van der Waals surface area (Å²) in [7, 11) is 2.94. The van der Waals surface area contributed by atoms with Gasteiger partial charge >= 0.3 is 6.18 Å². The molecule has 0 saturated carbocycles. The summed E-state index contributed by atoms with van der Waals surface area (Å²) in [5.74, 6) is -0.173. The van der Waals surface area contributed by atoms with Crippen molar-refractivity contribution in [1.82, 2.24) is 9.78 Å². The Morgan fingerprint density at radius 3 is 2.35 bits per heavy atom. The first-order valence-corrected chi connectivity index (χ1v) is 5.62. The number of alkyl halides is 3. The van der Waals surface area contributed by atoms with Gasteiger partial charge in [0, 0.05) is 12.6 Å². The molecule has 0 aliphatic rings. The lowest BCUT2D eigenvalue weighted by atomic mass is 10.1. The summed E-state index contributed by atoms with van der Waals surface area (Å²) in [6, 6.07) is 4.02. The summed E-state index contributed by atoms with van der Waals surface area (Å²) < 4.78 is 43.7. The lowest BCUT2D eigenvalue weighted by molar-refractivity contribution is -0.137. The van der Waals surface area contributed by atoms with Crippen LogP contribution in [0.5, 0.6) is 5.75 Å². The van der Waals surface area contributed by atoms with Crippen LogP contribution in [-0.4, -0.2) is 22.7 Å². The van der Waals surface area contributed by atoms with E-state index in [1.165, 1.54) is 18.0 Å². The molecule has 0 spiro atoms. The van der Waals surface area contributed by atoms with Crippen molar-refractivity contribution in [3.8, 4) is 5.75 Å². The molecular weight excluding hydrogens is 273 g/mol. The zero-order valence-corrected chi connectivity index (χ0v) is 10.7. The second-order valence-electron chi connectivity index (χ2n) is 4.09. The molecule has 1 heterocycles. The fraction of sp³-hybridized carbons (Fsp3) is 0.231. The number of methoxy groups -OCH3 is 1. The van der Waals surface area contributed by atoms with Crippen molar-refractivity contribution >= 4 is 5.78 Å². The second kappa shape index (κ2) is 4.99. The minimum absolute atomic E-state index is 0.139. The fourth-order valence-corrected chi connectivity index (χ4v) is 1.77. The number of ketones is 1. The summed E-state index contributed by atoms with van der Waals surface area (Å²) in [5, 5.41) is 3.88. The Bertz CT molecular complexity index is 630. The molecule has 2 aromatic rings. The highest BCUT2D eigenvalue weighted by Crippen LogP contribution is 2.29. The largest absolute Gasteiger partial charge is 0.493 e. The van der Waals surface area contributed by atoms with Gasteiger partial charge in [0.15, 0.2) is 11.4 Å². The van der Waals surface area contributed by atoms with Gasteiger partial charge in [0.1, 0.15) is 0 Å². The Labute approximate surface area is 112 Å². The lowest BCUT2D eigenvalue weighted by Crippen LogP contribution is -2.11. The summed E-state index contributed by atoms with van der Waals surface area (Å²) in [5.41, 5.74) is -0.474. The third kappa shape index (κ3) is 2.52. The van der Waals surface area contributed by atoms with E-state index in [0.29, 0.717) is 0 Å². The number of carbonyl (C=O) groups excluding carboxylic acids is 1. The van der Waals surface area contributed by atoms with Crippen LogP contribution >= 0.6 is 0 Å². The summed E-state index contributed by atoms with van der Waals surface area (Å²) in [6.45, 7) is 0. The minimum atomic E-state index is -4.42. The zero-order valence-electron chi connectivity index (χ0n) is 10.7. The molecule has 0 amide bonds. The summed E-state index contributed by atoms with van der Waals surface area (Å²) in [6.07, 6.45) is -3.05. The number of rotatable bonds is 3. The molecule has 106 valence electrons. The predicted octanol–water partition coefficient (Wildman–Crippen LogP) is 2.68. The normalized spacial score (nSPS) is 11.4. The molecular formula is C13H11F3N2O2. The van der Waals surface area contributed by atoms with Crippen molar-refractivity contribution < 1.29 is 22.7 Å². The summed E-state index contributed by atoms with van der Waals surface area (Å²) in [4.78, 5) is 12.2. The highest BCUT2D eigenvalue weighted by Gasteiger charge is 2.30. The highest BCUT2D eigenvalue weighted by atomic mass is 19.4. The van der Waals surface area contributed by atoms with Crippen molar-refractivity contribution in [2.24, 2.45) is 7.05 Å². The summed E-state index contributed by atoms with van der Waals surface area (Å²) >= 11 is 0. The van der Waals surface area contributed by atoms with Gasteiger partial charge < -0.3 is 4.74 Å². The van der Waals surface area contributed by atoms with Gasteiger partial charge in [-0.1, -0.05) is 12.1 Å². The van der Waals surface area contributed by atoms with Crippen LogP contribution in [0.2, 0.25) is 0 Å². The Morgan fingerprint density at radius 1 is 1.25 bits per heavy atom. The van der Waals surface area contributed by atoms with E-state index in [9.17, 15) is 18.0 Å². The Morgan fingerprint density at radius 2 is 1.85 bits per heavy atom. The van der Waals surface area contributed by atoms with Crippen molar-refractivity contribution in [2.75, 3.05) is 7.11 Å². The molecule has 0 unspecified atom stereocenters. The molecule has 2 rings (SSSR count). The van der Waals surface area contributed by atoms with E-state index in [2.05, 4.69) is 5.10 Å². The number of hydrogen-bond donors (Lipinski definition) is 0. The van der Waals surface area contributed by atoms with E-state index < -0.39 is 17.5 Å². The standard InChI is InChI=1S/C13H11F3N2O2/c1-18-11(10(20-2)7-17-18)12(19)8-3-5-9(6-4-8)13(14,15)16/h3-7H,1-2H3. The molecule has 0 atom stereocenters. The number of halogens is 3. The minimum Gasteiger partial charge on any atom is -0.493 e. The predicted molar refractivity (Wildman–Crippen MR) is 64.6 cm³/mol. The fourth-order valence-electron chi connectivity index (χ4n) is 1.77. The van der Waals surface area contributed by atoms with Crippen LogP contribution in [0.3, 0.4) is 0 Å². The lowest BCUT2D eigenvalue weighted by Gasteiger charge is -2.08. The van der Waals surface area contributed by atoms with Crippen LogP contribution in [0.15, 0.2) is 30.5 Å². The van der Waals surface area contributed by atoms with Gasteiger partial charge in [-0.05, 0) is 12.1 Å². The van der Waals surface area contributed by atoms with Crippen LogP contribution in [0, 0.1) is 0 Å². The Hall–Kier alpha value is -2.31. The monoisotopic (exact) mass is 284 g/mol. The van der Waals surface area contributed by atoms with Gasteiger partial charge in [-0.3, -0.25) is 9.48 Å². The van der Waals surface area contributed by atoms with Crippen LogP contribution in [0.4, 0.5) is 13.2 Å². The van der Waals surface area contributed by atoms with Crippen LogP contribution < -0.4 is 4.74 Å². The van der Waals surface area contributed by atoms with Crippen molar-refractivity contribution in [3.63, 3.8) is 0 Å². The van der Waals surface area contributed by atoms with E-state index in [-0.39, 0.29) is 17.0 Å². The quantitative estimate of drug-likeness (QED) is 0.814. The first kappa shape index (κ1) is 14.1. The molecule has 0 bridgehead atoms. The maximum absolute atomic E-state index is 12.5. The molecule has 0 aliphatic heterocycles. The molecule has 20 heavy (non-hydrogen) atoms. The van der Waals surface area contributed by atoms with Gasteiger partial charge in [-0.2, -0.15) is 18.3 Å². The van der Waals surface area contributed by atoms with Crippen LogP contribution in [-0.2, 0) is 13.2 Å². The molecule has 0 N–H and O–H groups in total. The average Bonchev–Trinajstić information content (AvgIpc) is 2.78. The van der Waals surface area contributed by atoms with Gasteiger partial charge in [-0.25, -0.2) is 0 Å². The number of carbonyl (C=O) groups is 1. The number of ether oxygens (including phenoxy) is 1. The molecule has 7 heteroatoms. The number of benzene rings is 1. The van der Waals surface area contributed by atoms with E-state index >= 15 is 0 Å². The Balaban J connectivity index is 2.37. The van der Waals surface area contributed by atoms with E-state index in [1.54, 1.807) is 7.05 Å². The van der Waals surface area contributed by atoms with E-state index in [0.717, 1.165) is 24.3 Å². The van der Waals surface area contributed by atoms with Gasteiger partial charge in [-0.15, -0.1) is 0 Å². The SMILES string of the molecule is COc1cnn(C)c1C(=O)c1ccc(C(F)(F)F)cc1. The molecule has 4 nitrogen and oxygen atoms in total. The first-order valence-electron chi connectivity index (χ1n) is 5.62. The zero-order chi connectivity index (χ0) is 14.9. The molecule has 0 radical (unpaired) electrons. The van der Waals surface area contributed by atoms with Crippen LogP contribution in [0.25, 0.3) is 0 Å².